The summed E-state index contributed by atoms with van der Waals surface area (Å²) in [4.78, 5) is 29.4. The average molecular weight is 407 g/mol. The molecule has 0 aromatic heterocycles. The zero-order chi connectivity index (χ0) is 20.9. The van der Waals surface area contributed by atoms with Crippen molar-refractivity contribution in [1.82, 2.24) is 9.80 Å². The number of fused-ring (bicyclic) bond motifs is 1. The highest BCUT2D eigenvalue weighted by Gasteiger charge is 2.27. The van der Waals surface area contributed by atoms with Gasteiger partial charge in [-0.25, -0.2) is 0 Å². The molecule has 2 aromatic carbocycles. The predicted molar refractivity (Wildman–Crippen MR) is 117 cm³/mol. The van der Waals surface area contributed by atoms with Crippen LogP contribution in [-0.2, 0) is 17.8 Å². The topological polar surface area (TPSA) is 49.9 Å². The lowest BCUT2D eigenvalue weighted by atomic mass is 9.97. The van der Waals surface area contributed by atoms with Crippen molar-refractivity contribution in [1.29, 1.82) is 0 Å². The Morgan fingerprint density at radius 3 is 2.53 bits per heavy atom. The van der Waals surface area contributed by atoms with E-state index in [4.69, 9.17) is 4.74 Å². The van der Waals surface area contributed by atoms with Gasteiger partial charge in [0.1, 0.15) is 5.75 Å². The molecule has 30 heavy (non-hydrogen) atoms. The van der Waals surface area contributed by atoms with Crippen LogP contribution in [0.3, 0.4) is 0 Å². The quantitative estimate of drug-likeness (QED) is 0.755. The first-order valence-electron chi connectivity index (χ1n) is 11.0. The normalized spacial score (nSPS) is 16.8. The molecule has 158 valence electrons. The summed E-state index contributed by atoms with van der Waals surface area (Å²) in [5, 5.41) is 0. The van der Waals surface area contributed by atoms with E-state index in [1.54, 1.807) is 0 Å². The lowest BCUT2D eigenvalue weighted by molar-refractivity contribution is -0.133. The van der Waals surface area contributed by atoms with E-state index < -0.39 is 0 Å². The molecule has 5 nitrogen and oxygen atoms in total. The van der Waals surface area contributed by atoms with Crippen LogP contribution in [0.4, 0.5) is 0 Å². The number of ether oxygens (including phenoxy) is 1. The number of likely N-dealkylation sites (tertiary alicyclic amines) is 1. The largest absolute Gasteiger partial charge is 0.483 e. The molecule has 0 bridgehead atoms. The summed E-state index contributed by atoms with van der Waals surface area (Å²) in [6, 6.07) is 13.9. The third-order valence-electron chi connectivity index (χ3n) is 6.05. The van der Waals surface area contributed by atoms with Crippen LogP contribution in [0.1, 0.15) is 52.7 Å². The highest BCUT2D eigenvalue weighted by atomic mass is 16.5. The smallest absolute Gasteiger partial charge is 0.260 e. The van der Waals surface area contributed by atoms with E-state index in [9.17, 15) is 9.59 Å². The number of benzene rings is 2. The Hall–Kier alpha value is -2.82. The fraction of sp³-hybridized carbons (Fsp3) is 0.440. The van der Waals surface area contributed by atoms with Gasteiger partial charge < -0.3 is 14.5 Å². The number of hydrogen-bond acceptors (Lipinski definition) is 3. The SMILES string of the molecule is Cc1cccc(CN2CCc3c(OCC(=O)N4CCCCCC4)cccc3C2=O)c1. The maximum atomic E-state index is 13.1. The molecular formula is C25H30N2O3. The molecule has 2 aromatic rings. The molecule has 2 aliphatic heterocycles. The van der Waals surface area contributed by atoms with Gasteiger partial charge in [-0.1, -0.05) is 48.7 Å². The highest BCUT2D eigenvalue weighted by Crippen LogP contribution is 2.29. The van der Waals surface area contributed by atoms with Crippen LogP contribution in [0, 0.1) is 6.92 Å². The van der Waals surface area contributed by atoms with Gasteiger partial charge >= 0.3 is 0 Å². The summed E-state index contributed by atoms with van der Waals surface area (Å²) in [5.41, 5.74) is 3.95. The van der Waals surface area contributed by atoms with Gasteiger partial charge in [0.2, 0.25) is 0 Å². The number of nitrogens with zero attached hydrogens (tertiary/aromatic N) is 2. The van der Waals surface area contributed by atoms with Crippen molar-refractivity contribution in [2.75, 3.05) is 26.2 Å². The van der Waals surface area contributed by atoms with Gasteiger partial charge in [0.15, 0.2) is 6.61 Å². The van der Waals surface area contributed by atoms with Crippen molar-refractivity contribution in [2.24, 2.45) is 0 Å². The molecule has 0 aliphatic carbocycles. The Morgan fingerprint density at radius 1 is 1.00 bits per heavy atom. The zero-order valence-corrected chi connectivity index (χ0v) is 17.7. The summed E-state index contributed by atoms with van der Waals surface area (Å²) in [6.07, 6.45) is 5.26. The maximum Gasteiger partial charge on any atom is 0.260 e. The minimum absolute atomic E-state index is 0.0297. The van der Waals surface area contributed by atoms with Crippen LogP contribution >= 0.6 is 0 Å². The van der Waals surface area contributed by atoms with E-state index >= 15 is 0 Å². The highest BCUT2D eigenvalue weighted by molar-refractivity contribution is 5.97. The van der Waals surface area contributed by atoms with Crippen LogP contribution in [0.2, 0.25) is 0 Å². The van der Waals surface area contributed by atoms with E-state index in [0.717, 1.165) is 43.5 Å². The third kappa shape index (κ3) is 4.66. The summed E-state index contributed by atoms with van der Waals surface area (Å²) < 4.78 is 5.92. The van der Waals surface area contributed by atoms with E-state index in [1.165, 1.54) is 18.4 Å². The Kier molecular flexibility index (Phi) is 6.36. The van der Waals surface area contributed by atoms with Gasteiger partial charge in [-0.15, -0.1) is 0 Å². The Morgan fingerprint density at radius 2 is 1.77 bits per heavy atom. The summed E-state index contributed by atoms with van der Waals surface area (Å²) >= 11 is 0. The molecule has 0 unspecified atom stereocenters. The van der Waals surface area contributed by atoms with Crippen LogP contribution in [0.5, 0.6) is 5.75 Å². The van der Waals surface area contributed by atoms with Crippen molar-refractivity contribution in [3.8, 4) is 5.75 Å². The third-order valence-corrected chi connectivity index (χ3v) is 6.05. The van der Waals surface area contributed by atoms with E-state index in [0.29, 0.717) is 24.4 Å². The molecule has 0 radical (unpaired) electrons. The molecule has 0 saturated carbocycles. The molecule has 0 spiro atoms. The summed E-state index contributed by atoms with van der Waals surface area (Å²) in [5.74, 6) is 0.735. The van der Waals surface area contributed by atoms with Gasteiger partial charge in [0, 0.05) is 37.3 Å². The lowest BCUT2D eigenvalue weighted by Crippen LogP contribution is -2.38. The van der Waals surface area contributed by atoms with Crippen molar-refractivity contribution in [3.05, 3.63) is 64.7 Å². The number of rotatable bonds is 5. The van der Waals surface area contributed by atoms with Crippen molar-refractivity contribution in [2.45, 2.75) is 45.6 Å². The molecule has 2 heterocycles. The van der Waals surface area contributed by atoms with E-state index in [2.05, 4.69) is 25.1 Å². The Labute approximate surface area is 178 Å². The second kappa shape index (κ2) is 9.33. The summed E-state index contributed by atoms with van der Waals surface area (Å²) in [7, 11) is 0. The lowest BCUT2D eigenvalue weighted by Gasteiger charge is -2.30. The molecular weight excluding hydrogens is 376 g/mol. The van der Waals surface area contributed by atoms with Gasteiger partial charge in [-0.2, -0.15) is 0 Å². The maximum absolute atomic E-state index is 13.1. The van der Waals surface area contributed by atoms with Crippen LogP contribution in [0.15, 0.2) is 42.5 Å². The van der Waals surface area contributed by atoms with Crippen LogP contribution in [0.25, 0.3) is 0 Å². The van der Waals surface area contributed by atoms with Crippen molar-refractivity contribution in [3.63, 3.8) is 0 Å². The Balaban J connectivity index is 1.43. The molecule has 1 fully saturated rings. The minimum Gasteiger partial charge on any atom is -0.483 e. The van der Waals surface area contributed by atoms with E-state index in [1.807, 2.05) is 34.1 Å². The second-order valence-electron chi connectivity index (χ2n) is 8.33. The zero-order valence-electron chi connectivity index (χ0n) is 17.7. The van der Waals surface area contributed by atoms with Crippen molar-refractivity contribution < 1.29 is 14.3 Å². The second-order valence-corrected chi connectivity index (χ2v) is 8.33. The van der Waals surface area contributed by atoms with Gasteiger partial charge in [-0.05, 0) is 43.9 Å². The first-order chi connectivity index (χ1) is 14.6. The molecule has 4 rings (SSSR count). The van der Waals surface area contributed by atoms with Gasteiger partial charge in [0.05, 0.1) is 0 Å². The molecule has 2 aliphatic rings. The Bertz CT molecular complexity index is 916. The molecule has 0 N–H and O–H groups in total. The number of carbonyl (C=O) groups is 2. The number of carbonyl (C=O) groups excluding carboxylic acids is 2. The predicted octanol–water partition coefficient (Wildman–Crippen LogP) is 3.97. The average Bonchev–Trinajstić information content (AvgIpc) is 3.04. The van der Waals surface area contributed by atoms with Crippen molar-refractivity contribution >= 4 is 11.8 Å². The minimum atomic E-state index is 0.0297. The molecule has 1 saturated heterocycles. The number of amides is 2. The number of aryl methyl sites for hydroxylation is 1. The fourth-order valence-corrected chi connectivity index (χ4v) is 4.41. The van der Waals surface area contributed by atoms with Crippen LogP contribution in [-0.4, -0.2) is 47.9 Å². The van der Waals surface area contributed by atoms with Gasteiger partial charge in [-0.3, -0.25) is 9.59 Å². The number of hydrogen-bond donors (Lipinski definition) is 0. The fourth-order valence-electron chi connectivity index (χ4n) is 4.41. The molecule has 0 atom stereocenters. The molecule has 2 amide bonds. The first-order valence-corrected chi connectivity index (χ1v) is 11.0. The first kappa shape index (κ1) is 20.5. The summed E-state index contributed by atoms with van der Waals surface area (Å²) in [6.45, 7) is 5.01. The van der Waals surface area contributed by atoms with E-state index in [-0.39, 0.29) is 18.4 Å². The monoisotopic (exact) mass is 406 g/mol. The van der Waals surface area contributed by atoms with Gasteiger partial charge in [0.25, 0.3) is 11.8 Å². The molecule has 5 heteroatoms. The standard InChI is InChI=1S/C25H30N2O3/c1-19-8-6-9-20(16-19)17-27-15-12-21-22(25(27)29)10-7-11-23(21)30-18-24(28)26-13-4-2-3-5-14-26/h6-11,16H,2-5,12-15,17-18H2,1H3. The van der Waals surface area contributed by atoms with Crippen LogP contribution < -0.4 is 4.74 Å².